The van der Waals surface area contributed by atoms with Crippen LogP contribution in [0.3, 0.4) is 0 Å². The Morgan fingerprint density at radius 1 is 1.03 bits per heavy atom. The topological polar surface area (TPSA) is 99.2 Å². The zero-order valence-corrected chi connectivity index (χ0v) is 18.2. The first kappa shape index (κ1) is 23.0. The number of ether oxygens (including phenoxy) is 3. The van der Waals surface area contributed by atoms with Gasteiger partial charge in [-0.2, -0.15) is 0 Å². The molecule has 1 amide bonds. The maximum absolute atomic E-state index is 12.6. The minimum absolute atomic E-state index is 0.0120. The van der Waals surface area contributed by atoms with Gasteiger partial charge in [-0.25, -0.2) is 4.79 Å². The highest BCUT2D eigenvalue weighted by Crippen LogP contribution is 2.27. The van der Waals surface area contributed by atoms with Crippen LogP contribution in [0.5, 0.6) is 5.75 Å². The normalized spacial score (nSPS) is 16.4. The first-order valence-electron chi connectivity index (χ1n) is 10.3. The Morgan fingerprint density at radius 3 is 2.25 bits per heavy atom. The van der Waals surface area contributed by atoms with Crippen LogP contribution in [0.4, 0.5) is 5.69 Å². The molecular formula is C24H25NO7. The lowest BCUT2D eigenvalue weighted by atomic mass is 10.1. The quantitative estimate of drug-likeness (QED) is 0.460. The lowest BCUT2D eigenvalue weighted by molar-refractivity contribution is -0.151. The average Bonchev–Trinajstić information content (AvgIpc) is 3.20. The van der Waals surface area contributed by atoms with Crippen LogP contribution in [-0.4, -0.2) is 50.0 Å². The molecule has 0 radical (unpaired) electrons. The van der Waals surface area contributed by atoms with Gasteiger partial charge in [-0.15, -0.1) is 0 Å². The summed E-state index contributed by atoms with van der Waals surface area (Å²) in [6.07, 6.45) is -0.994. The molecule has 2 aromatic carbocycles. The number of methoxy groups -OCH3 is 1. The molecule has 2 atom stereocenters. The summed E-state index contributed by atoms with van der Waals surface area (Å²) in [6.45, 7) is 3.64. The molecular weight excluding hydrogens is 414 g/mol. The van der Waals surface area contributed by atoms with Crippen LogP contribution >= 0.6 is 0 Å². The Labute approximate surface area is 186 Å². The molecule has 1 aliphatic rings. The minimum Gasteiger partial charge on any atom is -0.497 e. The van der Waals surface area contributed by atoms with Gasteiger partial charge in [0.05, 0.1) is 25.2 Å². The Kier molecular flexibility index (Phi) is 7.25. The standard InChI is InChI=1S/C24H25NO7/c1-4-31-23(28)17-5-9-19(10-6-17)25-14-18(13-21(25)26)24(29)32-15(2)22(27)16-7-11-20(30-3)12-8-16/h5-12,15,18H,4,13-14H2,1-3H3/t15-,18+/m1/s1. The zero-order valence-electron chi connectivity index (χ0n) is 18.2. The van der Waals surface area contributed by atoms with Gasteiger partial charge < -0.3 is 19.1 Å². The molecule has 3 rings (SSSR count). The fourth-order valence-electron chi connectivity index (χ4n) is 3.42. The largest absolute Gasteiger partial charge is 0.497 e. The Morgan fingerprint density at radius 2 is 1.66 bits per heavy atom. The molecule has 32 heavy (non-hydrogen) atoms. The van der Waals surface area contributed by atoms with Crippen molar-refractivity contribution in [3.05, 3.63) is 59.7 Å². The van der Waals surface area contributed by atoms with Crippen molar-refractivity contribution in [2.75, 3.05) is 25.2 Å². The molecule has 0 unspecified atom stereocenters. The van der Waals surface area contributed by atoms with E-state index in [2.05, 4.69) is 0 Å². The smallest absolute Gasteiger partial charge is 0.338 e. The van der Waals surface area contributed by atoms with Crippen LogP contribution in [-0.2, 0) is 19.1 Å². The summed E-state index contributed by atoms with van der Waals surface area (Å²) in [7, 11) is 1.53. The first-order valence-corrected chi connectivity index (χ1v) is 10.3. The van der Waals surface area contributed by atoms with E-state index in [1.807, 2.05) is 0 Å². The monoisotopic (exact) mass is 439 g/mol. The van der Waals surface area contributed by atoms with Gasteiger partial charge in [0.15, 0.2) is 6.10 Å². The number of anilines is 1. The second kappa shape index (κ2) is 10.1. The van der Waals surface area contributed by atoms with E-state index in [1.54, 1.807) is 55.5 Å². The second-order valence-corrected chi connectivity index (χ2v) is 7.34. The van der Waals surface area contributed by atoms with E-state index < -0.39 is 24.0 Å². The molecule has 0 aromatic heterocycles. The number of amides is 1. The van der Waals surface area contributed by atoms with Crippen molar-refractivity contribution in [3.63, 3.8) is 0 Å². The summed E-state index contributed by atoms with van der Waals surface area (Å²) in [5.41, 5.74) is 1.35. The molecule has 2 aromatic rings. The Bertz CT molecular complexity index is 998. The highest BCUT2D eigenvalue weighted by atomic mass is 16.5. The second-order valence-electron chi connectivity index (χ2n) is 7.34. The van der Waals surface area contributed by atoms with E-state index in [0.29, 0.717) is 22.6 Å². The Balaban J connectivity index is 1.60. The maximum atomic E-state index is 12.6. The highest BCUT2D eigenvalue weighted by Gasteiger charge is 2.37. The average molecular weight is 439 g/mol. The van der Waals surface area contributed by atoms with Crippen molar-refractivity contribution in [2.24, 2.45) is 5.92 Å². The summed E-state index contributed by atoms with van der Waals surface area (Å²) in [5, 5.41) is 0. The third kappa shape index (κ3) is 5.14. The van der Waals surface area contributed by atoms with Crippen molar-refractivity contribution in [3.8, 4) is 5.75 Å². The number of carbonyl (C=O) groups excluding carboxylic acids is 4. The Hall–Kier alpha value is -3.68. The molecule has 1 fully saturated rings. The maximum Gasteiger partial charge on any atom is 0.338 e. The van der Waals surface area contributed by atoms with E-state index in [1.165, 1.54) is 18.9 Å². The van der Waals surface area contributed by atoms with Crippen LogP contribution in [0.25, 0.3) is 0 Å². The van der Waals surface area contributed by atoms with E-state index in [0.717, 1.165) is 0 Å². The first-order chi connectivity index (χ1) is 15.3. The fraction of sp³-hybridized carbons (Fsp3) is 0.333. The van der Waals surface area contributed by atoms with Gasteiger partial charge in [-0.1, -0.05) is 0 Å². The van der Waals surface area contributed by atoms with Crippen molar-refractivity contribution >= 4 is 29.3 Å². The SMILES string of the molecule is CCOC(=O)c1ccc(N2C[C@@H](C(=O)O[C@H](C)C(=O)c3ccc(OC)cc3)CC2=O)cc1. The van der Waals surface area contributed by atoms with E-state index >= 15 is 0 Å². The predicted molar refractivity (Wildman–Crippen MR) is 116 cm³/mol. The van der Waals surface area contributed by atoms with Crippen molar-refractivity contribution in [2.45, 2.75) is 26.4 Å². The molecule has 0 spiro atoms. The van der Waals surface area contributed by atoms with Crippen LogP contribution in [0.1, 0.15) is 41.0 Å². The predicted octanol–water partition coefficient (Wildman–Crippen LogP) is 3.04. The van der Waals surface area contributed by atoms with Crippen LogP contribution in [0, 0.1) is 5.92 Å². The van der Waals surface area contributed by atoms with Gasteiger partial charge in [0.25, 0.3) is 0 Å². The van der Waals surface area contributed by atoms with Gasteiger partial charge in [0, 0.05) is 24.2 Å². The molecule has 1 aliphatic heterocycles. The molecule has 8 heteroatoms. The zero-order chi connectivity index (χ0) is 23.3. The highest BCUT2D eigenvalue weighted by molar-refractivity contribution is 6.02. The van der Waals surface area contributed by atoms with E-state index in [4.69, 9.17) is 14.2 Å². The third-order valence-corrected chi connectivity index (χ3v) is 5.19. The summed E-state index contributed by atoms with van der Waals surface area (Å²) >= 11 is 0. The molecule has 8 nitrogen and oxygen atoms in total. The van der Waals surface area contributed by atoms with Crippen molar-refractivity contribution < 1.29 is 33.4 Å². The number of esters is 2. The van der Waals surface area contributed by atoms with Crippen LogP contribution in [0.15, 0.2) is 48.5 Å². The number of benzene rings is 2. The van der Waals surface area contributed by atoms with Gasteiger partial charge in [0.2, 0.25) is 11.7 Å². The number of hydrogen-bond acceptors (Lipinski definition) is 7. The summed E-state index contributed by atoms with van der Waals surface area (Å²) in [6, 6.07) is 12.9. The van der Waals surface area contributed by atoms with E-state index in [9.17, 15) is 19.2 Å². The van der Waals surface area contributed by atoms with Crippen molar-refractivity contribution in [1.82, 2.24) is 0 Å². The molecule has 1 heterocycles. The van der Waals surface area contributed by atoms with Crippen molar-refractivity contribution in [1.29, 1.82) is 0 Å². The van der Waals surface area contributed by atoms with Crippen LogP contribution in [0.2, 0.25) is 0 Å². The molecule has 0 bridgehead atoms. The lowest BCUT2D eigenvalue weighted by Crippen LogP contribution is -2.30. The van der Waals surface area contributed by atoms with E-state index in [-0.39, 0.29) is 31.3 Å². The number of nitrogens with zero attached hydrogens (tertiary/aromatic N) is 1. The number of rotatable bonds is 8. The summed E-state index contributed by atoms with van der Waals surface area (Å²) in [4.78, 5) is 50.8. The lowest BCUT2D eigenvalue weighted by Gasteiger charge is -2.18. The molecule has 168 valence electrons. The van der Waals surface area contributed by atoms with Crippen LogP contribution < -0.4 is 9.64 Å². The van der Waals surface area contributed by atoms with Gasteiger partial charge in [0.1, 0.15) is 5.75 Å². The number of hydrogen-bond donors (Lipinski definition) is 0. The molecule has 1 saturated heterocycles. The van der Waals surface area contributed by atoms with Gasteiger partial charge >= 0.3 is 11.9 Å². The molecule has 0 N–H and O–H groups in total. The van der Waals surface area contributed by atoms with Gasteiger partial charge in [-0.05, 0) is 62.4 Å². The summed E-state index contributed by atoms with van der Waals surface area (Å²) in [5.74, 6) is -1.67. The minimum atomic E-state index is -0.982. The molecule has 0 saturated carbocycles. The number of Topliss-reactive ketones (excluding diaryl/α,β-unsaturated/α-hetero) is 1. The number of carbonyl (C=O) groups is 4. The van der Waals surface area contributed by atoms with Gasteiger partial charge in [-0.3, -0.25) is 14.4 Å². The fourth-order valence-corrected chi connectivity index (χ4v) is 3.42. The summed E-state index contributed by atoms with van der Waals surface area (Å²) < 4.78 is 15.4. The third-order valence-electron chi connectivity index (χ3n) is 5.19. The molecule has 0 aliphatic carbocycles. The number of ketones is 1.